The van der Waals surface area contributed by atoms with Crippen LogP contribution in [0.4, 0.5) is 10.1 Å². The summed E-state index contributed by atoms with van der Waals surface area (Å²) < 4.78 is 24.8. The van der Waals surface area contributed by atoms with Gasteiger partial charge in [-0.15, -0.1) is 0 Å². The number of ether oxygens (including phenoxy) is 2. The summed E-state index contributed by atoms with van der Waals surface area (Å²) in [4.78, 5) is 27.1. The lowest BCUT2D eigenvalue weighted by Gasteiger charge is -2.59. The van der Waals surface area contributed by atoms with Crippen LogP contribution in [0.15, 0.2) is 97.1 Å². The Hall–Kier alpha value is -4.85. The molecule has 3 fully saturated rings. The number of amides is 1. The van der Waals surface area contributed by atoms with Crippen molar-refractivity contribution in [1.82, 2.24) is 0 Å². The fourth-order valence-electron chi connectivity index (χ4n) is 7.58. The van der Waals surface area contributed by atoms with Crippen LogP contribution in [0, 0.1) is 11.2 Å². The van der Waals surface area contributed by atoms with Crippen LogP contribution in [0.2, 0.25) is 0 Å². The zero-order valence-electron chi connectivity index (χ0n) is 26.7. The van der Waals surface area contributed by atoms with Gasteiger partial charge in [-0.1, -0.05) is 54.6 Å². The Kier molecular flexibility index (Phi) is 8.61. The van der Waals surface area contributed by atoms with Crippen molar-refractivity contribution >= 4 is 17.6 Å². The standard InChI is InChI=1S/C38H36FNO10/c39-24-10-12-25(13-11-24)40-33(37(36(40)47)15-17-38(48,18-16-37)23-6-2-1-3-7-23)27-14-9-22(20-28(27)41)21-5-4-8-26(19-21)49-35-31(44)29(42)30(43)32(50-35)34(45)46/h1-14,19-20,29-33,35,41-44,48H,15-18H2,(H,45,46)/t29-,30-,31?,32?,33+,35+,37?,38?/m0/s1. The van der Waals surface area contributed by atoms with Gasteiger partial charge >= 0.3 is 5.97 Å². The lowest BCUT2D eigenvalue weighted by atomic mass is 9.56. The van der Waals surface area contributed by atoms with Crippen LogP contribution in [0.1, 0.15) is 42.9 Å². The highest BCUT2D eigenvalue weighted by molar-refractivity contribution is 6.06. The third kappa shape index (κ3) is 5.68. The monoisotopic (exact) mass is 685 g/mol. The number of nitrogens with zero attached hydrogens (tertiary/aromatic N) is 1. The highest BCUT2D eigenvalue weighted by Crippen LogP contribution is 2.62. The second-order valence-electron chi connectivity index (χ2n) is 13.3. The molecule has 0 radical (unpaired) electrons. The minimum Gasteiger partial charge on any atom is -0.508 e. The van der Waals surface area contributed by atoms with E-state index < -0.39 is 59.6 Å². The van der Waals surface area contributed by atoms with Gasteiger partial charge < -0.3 is 45.0 Å². The molecule has 2 aliphatic heterocycles. The average Bonchev–Trinajstić information content (AvgIpc) is 3.12. The third-order valence-electron chi connectivity index (χ3n) is 10.4. The summed E-state index contributed by atoms with van der Waals surface area (Å²) in [7, 11) is 0. The number of carbonyl (C=O) groups is 2. The number of aromatic hydroxyl groups is 1. The molecule has 6 atom stereocenters. The van der Waals surface area contributed by atoms with Crippen LogP contribution < -0.4 is 9.64 Å². The molecule has 1 saturated carbocycles. The van der Waals surface area contributed by atoms with E-state index in [0.717, 1.165) is 5.56 Å². The molecule has 3 aliphatic rings. The lowest BCUT2D eigenvalue weighted by Crippen LogP contribution is -2.65. The van der Waals surface area contributed by atoms with E-state index in [1.165, 1.54) is 30.3 Å². The minimum atomic E-state index is -1.86. The SMILES string of the molecule is O=C(O)C1O[C@@H](Oc2cccc(-c3ccc([C@H]4N(c5ccc(F)cc5)C(=O)C45CCC(O)(c4ccccc4)CC5)c(O)c3)c2)C(O)[C@@H](O)[C@@H]1O. The van der Waals surface area contributed by atoms with E-state index in [2.05, 4.69) is 0 Å². The van der Waals surface area contributed by atoms with Crippen LogP contribution in [-0.2, 0) is 19.9 Å². The largest absolute Gasteiger partial charge is 0.508 e. The van der Waals surface area contributed by atoms with Gasteiger partial charge in [0.2, 0.25) is 12.2 Å². The maximum absolute atomic E-state index is 14.0. The molecule has 4 aromatic carbocycles. The number of rotatable bonds is 7. The highest BCUT2D eigenvalue weighted by Gasteiger charge is 2.64. The Balaban J connectivity index is 1.17. The number of carbonyl (C=O) groups excluding carboxylic acids is 1. The van der Waals surface area contributed by atoms with E-state index in [1.807, 2.05) is 30.3 Å². The highest BCUT2D eigenvalue weighted by atomic mass is 19.1. The van der Waals surface area contributed by atoms with Crippen molar-refractivity contribution in [3.8, 4) is 22.6 Å². The van der Waals surface area contributed by atoms with E-state index in [4.69, 9.17) is 9.47 Å². The van der Waals surface area contributed by atoms with Crippen molar-refractivity contribution in [2.75, 3.05) is 4.90 Å². The number of anilines is 1. The lowest BCUT2D eigenvalue weighted by molar-refractivity contribution is -0.271. The van der Waals surface area contributed by atoms with E-state index in [1.54, 1.807) is 41.3 Å². The first kappa shape index (κ1) is 33.6. The summed E-state index contributed by atoms with van der Waals surface area (Å²) in [5.74, 6) is -2.07. The molecule has 0 bridgehead atoms. The van der Waals surface area contributed by atoms with Crippen LogP contribution in [0.3, 0.4) is 0 Å². The smallest absolute Gasteiger partial charge is 0.335 e. The van der Waals surface area contributed by atoms with Crippen LogP contribution in [-0.4, -0.2) is 73.2 Å². The molecule has 12 heteroatoms. The topological polar surface area (TPSA) is 177 Å². The molecule has 2 saturated heterocycles. The Morgan fingerprint density at radius 3 is 2.16 bits per heavy atom. The molecule has 1 amide bonds. The number of aliphatic hydroxyl groups is 4. The zero-order valence-corrected chi connectivity index (χ0v) is 26.7. The second-order valence-corrected chi connectivity index (χ2v) is 13.3. The summed E-state index contributed by atoms with van der Waals surface area (Å²) in [6, 6.07) is 25.9. The Labute approximate surface area is 286 Å². The average molecular weight is 686 g/mol. The molecule has 2 unspecified atom stereocenters. The molecule has 1 spiro atoms. The molecule has 0 aromatic heterocycles. The summed E-state index contributed by atoms with van der Waals surface area (Å²) in [6.45, 7) is 0. The van der Waals surface area contributed by atoms with E-state index in [-0.39, 0.29) is 17.4 Å². The van der Waals surface area contributed by atoms with Gasteiger partial charge in [-0.3, -0.25) is 4.79 Å². The molecule has 1 aliphatic carbocycles. The fraction of sp³-hybridized carbons (Fsp3) is 0.316. The maximum atomic E-state index is 14.0. The van der Waals surface area contributed by atoms with Gasteiger partial charge in [0.15, 0.2) is 6.10 Å². The Bertz CT molecular complexity index is 1900. The predicted octanol–water partition coefficient (Wildman–Crippen LogP) is 4.01. The van der Waals surface area contributed by atoms with Crippen molar-refractivity contribution in [3.05, 3.63) is 114 Å². The van der Waals surface area contributed by atoms with Crippen molar-refractivity contribution in [3.63, 3.8) is 0 Å². The number of aliphatic carboxylic acids is 1. The number of carboxylic acid groups (broad SMARTS) is 1. The first-order valence-corrected chi connectivity index (χ1v) is 16.3. The number of halogens is 1. The van der Waals surface area contributed by atoms with Crippen molar-refractivity contribution in [2.24, 2.45) is 5.41 Å². The molecule has 2 heterocycles. The van der Waals surface area contributed by atoms with Crippen molar-refractivity contribution < 1.29 is 54.1 Å². The Morgan fingerprint density at radius 1 is 0.820 bits per heavy atom. The quantitative estimate of drug-likeness (QED) is 0.156. The van der Waals surface area contributed by atoms with Gasteiger partial charge in [0.25, 0.3) is 0 Å². The number of aliphatic hydroxyl groups excluding tert-OH is 3. The van der Waals surface area contributed by atoms with E-state index in [9.17, 15) is 44.6 Å². The summed E-state index contributed by atoms with van der Waals surface area (Å²) in [5.41, 5.74) is 0.890. The molecule has 11 nitrogen and oxygen atoms in total. The van der Waals surface area contributed by atoms with Crippen molar-refractivity contribution in [2.45, 2.75) is 68.0 Å². The molecule has 260 valence electrons. The van der Waals surface area contributed by atoms with Crippen LogP contribution in [0.25, 0.3) is 11.1 Å². The molecular weight excluding hydrogens is 649 g/mol. The summed E-state index contributed by atoms with van der Waals surface area (Å²) >= 11 is 0. The third-order valence-corrected chi connectivity index (χ3v) is 10.4. The van der Waals surface area contributed by atoms with Gasteiger partial charge in [-0.25, -0.2) is 9.18 Å². The van der Waals surface area contributed by atoms with E-state index >= 15 is 0 Å². The number of benzene rings is 4. The fourth-order valence-corrected chi connectivity index (χ4v) is 7.58. The maximum Gasteiger partial charge on any atom is 0.335 e. The van der Waals surface area contributed by atoms with Gasteiger partial charge in [-0.2, -0.15) is 0 Å². The van der Waals surface area contributed by atoms with Crippen LogP contribution in [0.5, 0.6) is 11.5 Å². The van der Waals surface area contributed by atoms with Gasteiger partial charge in [-0.05, 0) is 84.8 Å². The number of carboxylic acids is 1. The number of phenols is 1. The predicted molar refractivity (Wildman–Crippen MR) is 176 cm³/mol. The molecule has 7 rings (SSSR count). The normalized spacial score (nSPS) is 30.9. The molecule has 4 aromatic rings. The number of phenolic OH excluding ortho intramolecular Hbond substituents is 1. The summed E-state index contributed by atoms with van der Waals surface area (Å²) in [6.07, 6.45) is -7.43. The first-order valence-electron chi connectivity index (χ1n) is 16.3. The minimum absolute atomic E-state index is 0.0888. The van der Waals surface area contributed by atoms with Gasteiger partial charge in [0.1, 0.15) is 35.6 Å². The molecule has 50 heavy (non-hydrogen) atoms. The van der Waals surface area contributed by atoms with Gasteiger partial charge in [0.05, 0.1) is 17.1 Å². The van der Waals surface area contributed by atoms with Crippen LogP contribution >= 0.6 is 0 Å². The van der Waals surface area contributed by atoms with Crippen molar-refractivity contribution in [1.29, 1.82) is 0 Å². The molecule has 6 N–H and O–H groups in total. The number of β-lactam (4-membered cyclic amide) rings is 1. The zero-order chi connectivity index (χ0) is 35.4. The number of hydrogen-bond donors (Lipinski definition) is 6. The first-order chi connectivity index (χ1) is 23.9. The summed E-state index contributed by atoms with van der Waals surface area (Å²) in [5, 5.41) is 63.0. The second kappa shape index (κ2) is 12.8. The Morgan fingerprint density at radius 2 is 1.50 bits per heavy atom. The molecular formula is C38H36FNO10. The van der Waals surface area contributed by atoms with E-state index in [0.29, 0.717) is 48.1 Å². The number of hydrogen-bond acceptors (Lipinski definition) is 9. The van der Waals surface area contributed by atoms with Gasteiger partial charge in [0, 0.05) is 11.3 Å².